The number of rotatable bonds is 7. The number of hydrogen-bond donors (Lipinski definition) is 1. The van der Waals surface area contributed by atoms with Crippen molar-refractivity contribution in [3.63, 3.8) is 0 Å². The van der Waals surface area contributed by atoms with Crippen LogP contribution in [-0.4, -0.2) is 40.4 Å². The maximum atomic E-state index is 4.35. The molecule has 1 fully saturated rings. The lowest BCUT2D eigenvalue weighted by Gasteiger charge is -2.24. The van der Waals surface area contributed by atoms with Gasteiger partial charge < -0.3 is 5.32 Å². The molecule has 1 atom stereocenters. The van der Waals surface area contributed by atoms with Crippen molar-refractivity contribution in [2.24, 2.45) is 0 Å². The third-order valence-electron chi connectivity index (χ3n) is 3.60. The van der Waals surface area contributed by atoms with E-state index in [2.05, 4.69) is 35.4 Å². The van der Waals surface area contributed by atoms with Gasteiger partial charge in [0.15, 0.2) is 0 Å². The van der Waals surface area contributed by atoms with Gasteiger partial charge in [-0.2, -0.15) is 5.10 Å². The summed E-state index contributed by atoms with van der Waals surface area (Å²) in [5.41, 5.74) is 1.34. The second kappa shape index (κ2) is 6.90. The maximum absolute atomic E-state index is 4.35. The third kappa shape index (κ3) is 3.82. The minimum absolute atomic E-state index is 0.692. The SMILES string of the molecule is CCCN(Cc1cnn(CC)c1)CC1CCCN1. The van der Waals surface area contributed by atoms with E-state index in [9.17, 15) is 0 Å². The molecule has 1 N–H and O–H groups in total. The van der Waals surface area contributed by atoms with Crippen LogP contribution in [0.15, 0.2) is 12.4 Å². The second-order valence-corrected chi connectivity index (χ2v) is 5.23. The fraction of sp³-hybridized carbons (Fsp3) is 0.786. The molecule has 0 radical (unpaired) electrons. The predicted octanol–water partition coefficient (Wildman–Crippen LogP) is 1.87. The zero-order valence-corrected chi connectivity index (χ0v) is 11.7. The minimum Gasteiger partial charge on any atom is -0.313 e. The quantitative estimate of drug-likeness (QED) is 0.802. The molecule has 1 aliphatic heterocycles. The highest BCUT2D eigenvalue weighted by Gasteiger charge is 2.17. The lowest BCUT2D eigenvalue weighted by atomic mass is 10.2. The van der Waals surface area contributed by atoms with Gasteiger partial charge in [0.1, 0.15) is 0 Å². The van der Waals surface area contributed by atoms with Gasteiger partial charge in [-0.05, 0) is 39.3 Å². The molecule has 1 aliphatic rings. The number of hydrogen-bond acceptors (Lipinski definition) is 3. The lowest BCUT2D eigenvalue weighted by molar-refractivity contribution is 0.241. The Kier molecular flexibility index (Phi) is 5.20. The van der Waals surface area contributed by atoms with Crippen molar-refractivity contribution >= 4 is 0 Å². The zero-order valence-electron chi connectivity index (χ0n) is 11.7. The number of nitrogens with one attached hydrogen (secondary N) is 1. The Morgan fingerprint density at radius 3 is 3.00 bits per heavy atom. The van der Waals surface area contributed by atoms with Crippen LogP contribution in [-0.2, 0) is 13.1 Å². The maximum Gasteiger partial charge on any atom is 0.0534 e. The van der Waals surface area contributed by atoms with E-state index in [1.165, 1.54) is 44.5 Å². The van der Waals surface area contributed by atoms with Gasteiger partial charge in [0.2, 0.25) is 0 Å². The number of aromatic nitrogens is 2. The van der Waals surface area contributed by atoms with E-state index in [4.69, 9.17) is 0 Å². The average Bonchev–Trinajstić information content (AvgIpc) is 3.00. The van der Waals surface area contributed by atoms with Crippen LogP contribution in [0.1, 0.15) is 38.7 Å². The predicted molar refractivity (Wildman–Crippen MR) is 74.5 cm³/mol. The first-order valence-electron chi connectivity index (χ1n) is 7.29. The highest BCUT2D eigenvalue weighted by molar-refractivity contribution is 5.03. The first-order chi connectivity index (χ1) is 8.81. The summed E-state index contributed by atoms with van der Waals surface area (Å²) < 4.78 is 2.01. The first kappa shape index (κ1) is 13.6. The highest BCUT2D eigenvalue weighted by Crippen LogP contribution is 2.10. The van der Waals surface area contributed by atoms with Gasteiger partial charge >= 0.3 is 0 Å². The molecule has 0 saturated carbocycles. The van der Waals surface area contributed by atoms with E-state index in [1.807, 2.05) is 10.9 Å². The van der Waals surface area contributed by atoms with Gasteiger partial charge in [-0.15, -0.1) is 0 Å². The van der Waals surface area contributed by atoms with Crippen molar-refractivity contribution in [2.75, 3.05) is 19.6 Å². The van der Waals surface area contributed by atoms with E-state index in [0.717, 1.165) is 13.1 Å². The van der Waals surface area contributed by atoms with E-state index in [1.54, 1.807) is 0 Å². The monoisotopic (exact) mass is 250 g/mol. The Hall–Kier alpha value is -0.870. The number of nitrogens with zero attached hydrogens (tertiary/aromatic N) is 3. The molecule has 102 valence electrons. The molecule has 2 heterocycles. The van der Waals surface area contributed by atoms with Crippen LogP contribution in [0.3, 0.4) is 0 Å². The summed E-state index contributed by atoms with van der Waals surface area (Å²) in [6.45, 7) is 9.91. The fourth-order valence-electron chi connectivity index (χ4n) is 2.69. The highest BCUT2D eigenvalue weighted by atomic mass is 15.3. The van der Waals surface area contributed by atoms with Crippen molar-refractivity contribution in [3.8, 4) is 0 Å². The molecular formula is C14H26N4. The van der Waals surface area contributed by atoms with Crippen molar-refractivity contribution in [1.82, 2.24) is 20.0 Å². The van der Waals surface area contributed by atoms with Crippen molar-refractivity contribution in [1.29, 1.82) is 0 Å². The van der Waals surface area contributed by atoms with Gasteiger partial charge in [-0.1, -0.05) is 6.92 Å². The molecule has 1 saturated heterocycles. The van der Waals surface area contributed by atoms with E-state index in [0.29, 0.717) is 6.04 Å². The molecule has 0 spiro atoms. The smallest absolute Gasteiger partial charge is 0.0534 e. The normalized spacial score (nSPS) is 19.8. The lowest BCUT2D eigenvalue weighted by Crippen LogP contribution is -2.37. The van der Waals surface area contributed by atoms with Gasteiger partial charge in [-0.3, -0.25) is 9.58 Å². The Morgan fingerprint density at radius 2 is 2.39 bits per heavy atom. The Bertz CT molecular complexity index is 341. The molecular weight excluding hydrogens is 224 g/mol. The van der Waals surface area contributed by atoms with Crippen LogP contribution >= 0.6 is 0 Å². The molecule has 4 heteroatoms. The molecule has 18 heavy (non-hydrogen) atoms. The third-order valence-corrected chi connectivity index (χ3v) is 3.60. The second-order valence-electron chi connectivity index (χ2n) is 5.23. The van der Waals surface area contributed by atoms with Crippen LogP contribution < -0.4 is 5.32 Å². The van der Waals surface area contributed by atoms with Gasteiger partial charge in [-0.25, -0.2) is 0 Å². The molecule has 4 nitrogen and oxygen atoms in total. The summed E-state index contributed by atoms with van der Waals surface area (Å²) in [7, 11) is 0. The van der Waals surface area contributed by atoms with Crippen LogP contribution in [0.2, 0.25) is 0 Å². The summed E-state index contributed by atoms with van der Waals surface area (Å²) in [5, 5.41) is 7.94. The first-order valence-corrected chi connectivity index (χ1v) is 7.29. The summed E-state index contributed by atoms with van der Waals surface area (Å²) in [5.74, 6) is 0. The Labute approximate surface area is 110 Å². The van der Waals surface area contributed by atoms with Crippen molar-refractivity contribution < 1.29 is 0 Å². The topological polar surface area (TPSA) is 33.1 Å². The summed E-state index contributed by atoms with van der Waals surface area (Å²) in [6, 6.07) is 0.692. The van der Waals surface area contributed by atoms with Gasteiger partial charge in [0.25, 0.3) is 0 Å². The van der Waals surface area contributed by atoms with E-state index in [-0.39, 0.29) is 0 Å². The molecule has 0 aromatic carbocycles. The van der Waals surface area contributed by atoms with Crippen LogP contribution in [0.5, 0.6) is 0 Å². The molecule has 1 aromatic rings. The van der Waals surface area contributed by atoms with Crippen LogP contribution in [0, 0.1) is 0 Å². The average molecular weight is 250 g/mol. The Morgan fingerprint density at radius 1 is 1.50 bits per heavy atom. The summed E-state index contributed by atoms with van der Waals surface area (Å²) in [4.78, 5) is 2.56. The molecule has 0 aliphatic carbocycles. The fourth-order valence-corrected chi connectivity index (χ4v) is 2.69. The molecule has 0 bridgehead atoms. The van der Waals surface area contributed by atoms with Crippen molar-refractivity contribution in [2.45, 2.75) is 52.2 Å². The largest absolute Gasteiger partial charge is 0.313 e. The summed E-state index contributed by atoms with van der Waals surface area (Å²) >= 11 is 0. The molecule has 1 unspecified atom stereocenters. The molecule has 0 amide bonds. The van der Waals surface area contributed by atoms with Gasteiger partial charge in [0.05, 0.1) is 6.20 Å². The molecule has 2 rings (SSSR count). The van der Waals surface area contributed by atoms with E-state index < -0.39 is 0 Å². The Balaban J connectivity index is 1.87. The summed E-state index contributed by atoms with van der Waals surface area (Å²) in [6.07, 6.45) is 8.06. The minimum atomic E-state index is 0.692. The van der Waals surface area contributed by atoms with Crippen molar-refractivity contribution in [3.05, 3.63) is 18.0 Å². The van der Waals surface area contributed by atoms with Crippen LogP contribution in [0.4, 0.5) is 0 Å². The standard InChI is InChI=1S/C14H26N4/c1-3-8-17(12-14-6-5-7-15-14)10-13-9-16-18(4-2)11-13/h9,11,14-15H,3-8,10,12H2,1-2H3. The van der Waals surface area contributed by atoms with E-state index >= 15 is 0 Å². The number of aryl methyl sites for hydroxylation is 1. The van der Waals surface area contributed by atoms with Crippen LogP contribution in [0.25, 0.3) is 0 Å². The van der Waals surface area contributed by atoms with Gasteiger partial charge in [0, 0.05) is 37.4 Å². The molecule has 1 aromatic heterocycles. The zero-order chi connectivity index (χ0) is 12.8.